The molecule has 0 bridgehead atoms. The van der Waals surface area contributed by atoms with Crippen LogP contribution in [-0.2, 0) is 16.6 Å². The van der Waals surface area contributed by atoms with E-state index in [1.807, 2.05) is 60.1 Å². The summed E-state index contributed by atoms with van der Waals surface area (Å²) in [4.78, 5) is 28.7. The van der Waals surface area contributed by atoms with Crippen molar-refractivity contribution in [3.63, 3.8) is 0 Å². The van der Waals surface area contributed by atoms with Gasteiger partial charge in [-0.2, -0.15) is 0 Å². The minimum Gasteiger partial charge on any atom is -0.360 e. The molecule has 0 radical (unpaired) electrons. The fourth-order valence-corrected chi connectivity index (χ4v) is 3.76. The van der Waals surface area contributed by atoms with Crippen LogP contribution in [0.25, 0.3) is 22.4 Å². The van der Waals surface area contributed by atoms with Crippen molar-refractivity contribution in [2.75, 3.05) is 22.1 Å². The van der Waals surface area contributed by atoms with Crippen molar-refractivity contribution in [1.82, 2.24) is 14.7 Å². The Morgan fingerprint density at radius 2 is 1.74 bits per heavy atom. The number of para-hydroxylation sites is 2. The molecule has 0 spiro atoms. The average Bonchev–Trinajstić information content (AvgIpc) is 3.31. The molecule has 0 aliphatic heterocycles. The predicted octanol–water partition coefficient (Wildman–Crippen LogP) is 3.85. The lowest BCUT2D eigenvalue weighted by molar-refractivity contribution is -0.114. The molecule has 31 heavy (non-hydrogen) atoms. The molecule has 2 aromatic carbocycles. The molecule has 8 nitrogen and oxygen atoms in total. The highest BCUT2D eigenvalue weighted by atomic mass is 32.2. The van der Waals surface area contributed by atoms with E-state index in [0.29, 0.717) is 17.3 Å². The number of carbonyl (C=O) groups excluding carboxylic acids is 2. The van der Waals surface area contributed by atoms with Gasteiger partial charge in [0.1, 0.15) is 11.6 Å². The van der Waals surface area contributed by atoms with E-state index >= 15 is 0 Å². The van der Waals surface area contributed by atoms with Crippen molar-refractivity contribution >= 4 is 46.1 Å². The molecule has 0 aliphatic rings. The lowest BCUT2D eigenvalue weighted by Crippen LogP contribution is -2.18. The fourth-order valence-electron chi connectivity index (χ4n) is 3.14. The van der Waals surface area contributed by atoms with Crippen molar-refractivity contribution in [2.45, 2.75) is 6.92 Å². The molecule has 9 heteroatoms. The number of rotatable bonds is 7. The minimum absolute atomic E-state index is 0.144. The van der Waals surface area contributed by atoms with Gasteiger partial charge < -0.3 is 19.7 Å². The molecule has 2 N–H and O–H groups in total. The number of aryl methyl sites for hydroxylation is 2. The third-order valence-electron chi connectivity index (χ3n) is 4.58. The molecule has 0 fully saturated rings. The summed E-state index contributed by atoms with van der Waals surface area (Å²) in [7, 11) is 1.98. The van der Waals surface area contributed by atoms with E-state index < -0.39 is 0 Å². The lowest BCUT2D eigenvalue weighted by atomic mass is 10.2. The maximum absolute atomic E-state index is 12.2. The number of nitrogens with one attached hydrogen (secondary N) is 2. The number of nitrogens with zero attached hydrogens (tertiary/aromatic N) is 3. The van der Waals surface area contributed by atoms with Crippen LogP contribution in [0.5, 0.6) is 0 Å². The number of carbonyl (C=O) groups is 2. The second-order valence-corrected chi connectivity index (χ2v) is 7.96. The topological polar surface area (TPSA) is 102 Å². The van der Waals surface area contributed by atoms with Gasteiger partial charge in [-0.3, -0.25) is 9.59 Å². The molecular weight excluding hydrogens is 414 g/mol. The van der Waals surface area contributed by atoms with Crippen LogP contribution in [0.2, 0.25) is 0 Å². The van der Waals surface area contributed by atoms with E-state index in [9.17, 15) is 9.59 Å². The molecule has 2 aromatic heterocycles. The number of fused-ring (bicyclic) bond motifs is 1. The Morgan fingerprint density at radius 3 is 2.42 bits per heavy atom. The Morgan fingerprint density at radius 1 is 1.03 bits per heavy atom. The highest BCUT2D eigenvalue weighted by Crippen LogP contribution is 2.24. The van der Waals surface area contributed by atoms with Gasteiger partial charge in [-0.25, -0.2) is 4.98 Å². The molecule has 2 heterocycles. The summed E-state index contributed by atoms with van der Waals surface area (Å²) < 4.78 is 6.94. The van der Waals surface area contributed by atoms with Gasteiger partial charge in [0.05, 0.1) is 22.5 Å². The molecule has 0 saturated carbocycles. The van der Waals surface area contributed by atoms with Crippen LogP contribution in [0.3, 0.4) is 0 Å². The number of amides is 2. The Kier molecular flexibility index (Phi) is 6.03. The first-order valence-corrected chi connectivity index (χ1v) is 10.8. The minimum atomic E-state index is -0.238. The van der Waals surface area contributed by atoms with Crippen molar-refractivity contribution < 1.29 is 14.1 Å². The zero-order chi connectivity index (χ0) is 21.8. The van der Waals surface area contributed by atoms with Gasteiger partial charge >= 0.3 is 0 Å². The number of thioether (sulfide) groups is 1. The van der Waals surface area contributed by atoms with Gasteiger partial charge in [-0.15, -0.1) is 11.8 Å². The third kappa shape index (κ3) is 4.95. The Bertz CT molecular complexity index is 1230. The quantitative estimate of drug-likeness (QED) is 0.457. The first-order chi connectivity index (χ1) is 15.0. The first kappa shape index (κ1) is 20.7. The summed E-state index contributed by atoms with van der Waals surface area (Å²) >= 11 is 1.22. The van der Waals surface area contributed by atoms with E-state index in [4.69, 9.17) is 4.52 Å². The average molecular weight is 436 g/mol. The second-order valence-electron chi connectivity index (χ2n) is 6.97. The summed E-state index contributed by atoms with van der Waals surface area (Å²) in [5, 5.41) is 9.16. The van der Waals surface area contributed by atoms with Crippen LogP contribution in [0, 0.1) is 6.92 Å². The Labute approximate surface area is 183 Å². The van der Waals surface area contributed by atoms with Gasteiger partial charge in [-0.1, -0.05) is 17.3 Å². The standard InChI is InChI=1S/C22H21N5O3S/c1-14-11-19(26-30-14)25-21(29)13-31-12-20(28)23-16-9-7-15(8-10-16)22-24-17-5-3-4-6-18(17)27(22)2/h3-11H,12-13H2,1-2H3,(H,23,28)(H,25,26,29). The van der Waals surface area contributed by atoms with Gasteiger partial charge in [0.2, 0.25) is 11.8 Å². The summed E-state index contributed by atoms with van der Waals surface area (Å²) in [5.41, 5.74) is 3.66. The van der Waals surface area contributed by atoms with Crippen molar-refractivity contribution in [3.8, 4) is 11.4 Å². The van der Waals surface area contributed by atoms with Crippen molar-refractivity contribution in [2.24, 2.45) is 7.05 Å². The largest absolute Gasteiger partial charge is 0.360 e. The van der Waals surface area contributed by atoms with Crippen LogP contribution in [0.15, 0.2) is 59.1 Å². The molecular formula is C22H21N5O3S. The monoisotopic (exact) mass is 435 g/mol. The number of aromatic nitrogens is 3. The van der Waals surface area contributed by atoms with E-state index in [2.05, 4.69) is 20.8 Å². The van der Waals surface area contributed by atoms with Gasteiger partial charge in [-0.05, 0) is 43.3 Å². The maximum atomic E-state index is 12.2. The molecule has 4 aromatic rings. The molecule has 0 saturated heterocycles. The van der Waals surface area contributed by atoms with Crippen molar-refractivity contribution in [1.29, 1.82) is 0 Å². The zero-order valence-corrected chi connectivity index (χ0v) is 17.9. The van der Waals surface area contributed by atoms with E-state index in [1.54, 1.807) is 13.0 Å². The molecule has 158 valence electrons. The highest BCUT2D eigenvalue weighted by Gasteiger charge is 2.11. The number of hydrogen-bond donors (Lipinski definition) is 2. The van der Waals surface area contributed by atoms with Gasteiger partial charge in [0.25, 0.3) is 0 Å². The Balaban J connectivity index is 1.29. The lowest BCUT2D eigenvalue weighted by Gasteiger charge is -2.07. The molecule has 4 rings (SSSR count). The van der Waals surface area contributed by atoms with E-state index in [-0.39, 0.29) is 23.3 Å². The molecule has 0 atom stereocenters. The van der Waals surface area contributed by atoms with Crippen molar-refractivity contribution in [3.05, 3.63) is 60.4 Å². The SMILES string of the molecule is Cc1cc(NC(=O)CSCC(=O)Nc2ccc(-c3nc4ccccc4n3C)cc2)no1. The number of benzene rings is 2. The normalized spacial score (nSPS) is 10.9. The summed E-state index contributed by atoms with van der Waals surface area (Å²) in [6.07, 6.45) is 0. The van der Waals surface area contributed by atoms with Crippen LogP contribution < -0.4 is 10.6 Å². The smallest absolute Gasteiger partial charge is 0.235 e. The maximum Gasteiger partial charge on any atom is 0.235 e. The molecule has 2 amide bonds. The predicted molar refractivity (Wildman–Crippen MR) is 122 cm³/mol. The van der Waals surface area contributed by atoms with Crippen LogP contribution in [0.1, 0.15) is 5.76 Å². The molecule has 0 aliphatic carbocycles. The van der Waals surface area contributed by atoms with Gasteiger partial charge in [0, 0.05) is 24.4 Å². The fraction of sp³-hybridized carbons (Fsp3) is 0.182. The second kappa shape index (κ2) is 9.05. The van der Waals surface area contributed by atoms with Crippen LogP contribution in [-0.4, -0.2) is 38.0 Å². The van der Waals surface area contributed by atoms with Crippen LogP contribution >= 0.6 is 11.8 Å². The first-order valence-electron chi connectivity index (χ1n) is 9.62. The highest BCUT2D eigenvalue weighted by molar-refractivity contribution is 8.00. The number of anilines is 2. The van der Waals surface area contributed by atoms with Gasteiger partial charge in [0.15, 0.2) is 5.82 Å². The molecule has 0 unspecified atom stereocenters. The third-order valence-corrected chi connectivity index (χ3v) is 5.51. The summed E-state index contributed by atoms with van der Waals surface area (Å²) in [5.74, 6) is 1.74. The van der Waals surface area contributed by atoms with E-state index in [1.165, 1.54) is 11.8 Å². The zero-order valence-electron chi connectivity index (χ0n) is 17.1. The van der Waals surface area contributed by atoms with Crippen LogP contribution in [0.4, 0.5) is 11.5 Å². The number of hydrogen-bond acceptors (Lipinski definition) is 6. The summed E-state index contributed by atoms with van der Waals surface area (Å²) in [6, 6.07) is 17.1. The number of imidazole rings is 1. The Hall–Kier alpha value is -3.59. The van der Waals surface area contributed by atoms with E-state index in [0.717, 1.165) is 22.4 Å². The summed E-state index contributed by atoms with van der Waals surface area (Å²) in [6.45, 7) is 1.74.